The predicted molar refractivity (Wildman–Crippen MR) is 45.0 cm³/mol. The van der Waals surface area contributed by atoms with Crippen molar-refractivity contribution in [1.29, 1.82) is 0 Å². The minimum Gasteiger partial charge on any atom is -0.390 e. The summed E-state index contributed by atoms with van der Waals surface area (Å²) < 4.78 is 0. The summed E-state index contributed by atoms with van der Waals surface area (Å²) in [6.07, 6.45) is 7.95. The van der Waals surface area contributed by atoms with Gasteiger partial charge in [-0.2, -0.15) is 0 Å². The van der Waals surface area contributed by atoms with Crippen molar-refractivity contribution < 1.29 is 5.11 Å². The molecule has 1 unspecified atom stereocenters. The van der Waals surface area contributed by atoms with E-state index in [1.165, 1.54) is 0 Å². The maximum Gasteiger partial charge on any atom is 0.0682 e. The first kappa shape index (κ1) is 9.70. The molecule has 1 nitrogen and oxygen atoms in total. The van der Waals surface area contributed by atoms with Gasteiger partial charge in [0.25, 0.3) is 0 Å². The highest BCUT2D eigenvalue weighted by Crippen LogP contribution is 2.25. The number of allylic oxidation sites excluding steroid dienone is 1. The summed E-state index contributed by atoms with van der Waals surface area (Å²) in [5.74, 6) is 0. The standard InChI is InChI=1S/C8H14O.CH4/c1-2-8(9)6-4-3-5-7-8;/h3-4,9H,2,5-7H2,1H3;1H4. The van der Waals surface area contributed by atoms with Crippen molar-refractivity contribution in [2.24, 2.45) is 0 Å². The number of hydrogen-bond acceptors (Lipinski definition) is 1. The lowest BCUT2D eigenvalue weighted by Gasteiger charge is -2.27. The van der Waals surface area contributed by atoms with Gasteiger partial charge in [-0.3, -0.25) is 0 Å². The zero-order valence-electron chi connectivity index (χ0n) is 5.93. The highest BCUT2D eigenvalue weighted by atomic mass is 16.3. The van der Waals surface area contributed by atoms with Crippen LogP contribution < -0.4 is 0 Å². The summed E-state index contributed by atoms with van der Waals surface area (Å²) in [5, 5.41) is 9.63. The van der Waals surface area contributed by atoms with Crippen molar-refractivity contribution >= 4 is 0 Å². The second-order valence-electron chi connectivity index (χ2n) is 2.79. The van der Waals surface area contributed by atoms with Crippen LogP contribution >= 0.6 is 0 Å². The molecule has 0 aromatic rings. The molecule has 0 fully saturated rings. The molecule has 0 spiro atoms. The highest BCUT2D eigenvalue weighted by molar-refractivity contribution is 4.97. The molecule has 0 aromatic carbocycles. The molecular weight excluding hydrogens is 124 g/mol. The molecule has 60 valence electrons. The average molecular weight is 142 g/mol. The molecule has 0 aliphatic heterocycles. The molecule has 1 atom stereocenters. The van der Waals surface area contributed by atoms with Crippen LogP contribution in [0, 0.1) is 0 Å². The van der Waals surface area contributed by atoms with Gasteiger partial charge in [-0.15, -0.1) is 0 Å². The third kappa shape index (κ3) is 2.14. The minimum atomic E-state index is -0.366. The summed E-state index contributed by atoms with van der Waals surface area (Å²) in [5.41, 5.74) is -0.366. The van der Waals surface area contributed by atoms with Gasteiger partial charge < -0.3 is 5.11 Å². The van der Waals surface area contributed by atoms with Crippen LogP contribution in [-0.4, -0.2) is 10.7 Å². The topological polar surface area (TPSA) is 20.2 Å². The van der Waals surface area contributed by atoms with Crippen LogP contribution in [0.15, 0.2) is 12.2 Å². The van der Waals surface area contributed by atoms with Gasteiger partial charge in [0.1, 0.15) is 0 Å². The lowest BCUT2D eigenvalue weighted by molar-refractivity contribution is 0.0276. The van der Waals surface area contributed by atoms with Gasteiger partial charge in [-0.1, -0.05) is 26.5 Å². The largest absolute Gasteiger partial charge is 0.390 e. The molecule has 0 aromatic heterocycles. The van der Waals surface area contributed by atoms with E-state index in [0.717, 1.165) is 25.7 Å². The van der Waals surface area contributed by atoms with Gasteiger partial charge in [0.2, 0.25) is 0 Å². The third-order valence-corrected chi connectivity index (χ3v) is 2.10. The first-order chi connectivity index (χ1) is 4.27. The predicted octanol–water partition coefficient (Wildman–Crippen LogP) is 2.50. The SMILES string of the molecule is C.CCC1(O)CC=CCC1. The molecule has 1 heteroatoms. The Morgan fingerprint density at radius 3 is 2.50 bits per heavy atom. The van der Waals surface area contributed by atoms with Crippen LogP contribution in [0.2, 0.25) is 0 Å². The Kier molecular flexibility index (Phi) is 3.66. The van der Waals surface area contributed by atoms with Crippen LogP contribution in [0.4, 0.5) is 0 Å². The van der Waals surface area contributed by atoms with E-state index in [4.69, 9.17) is 0 Å². The van der Waals surface area contributed by atoms with E-state index in [2.05, 4.69) is 12.2 Å². The van der Waals surface area contributed by atoms with Gasteiger partial charge in [-0.05, 0) is 25.7 Å². The van der Waals surface area contributed by atoms with Crippen LogP contribution in [0.25, 0.3) is 0 Å². The molecule has 0 heterocycles. The molecule has 0 bridgehead atoms. The van der Waals surface area contributed by atoms with E-state index >= 15 is 0 Å². The van der Waals surface area contributed by atoms with Crippen LogP contribution in [0.5, 0.6) is 0 Å². The van der Waals surface area contributed by atoms with Crippen LogP contribution in [0.3, 0.4) is 0 Å². The summed E-state index contributed by atoms with van der Waals surface area (Å²) in [6, 6.07) is 0. The average Bonchev–Trinajstić information content (AvgIpc) is 1.90. The Balaban J connectivity index is 0.000000810. The van der Waals surface area contributed by atoms with Gasteiger partial charge in [0, 0.05) is 0 Å². The zero-order valence-corrected chi connectivity index (χ0v) is 5.93. The van der Waals surface area contributed by atoms with E-state index in [0.29, 0.717) is 0 Å². The fourth-order valence-corrected chi connectivity index (χ4v) is 1.20. The summed E-state index contributed by atoms with van der Waals surface area (Å²) in [7, 11) is 0. The molecule has 1 N–H and O–H groups in total. The number of rotatable bonds is 1. The monoisotopic (exact) mass is 142 g/mol. The van der Waals surface area contributed by atoms with Crippen LogP contribution in [-0.2, 0) is 0 Å². The second-order valence-corrected chi connectivity index (χ2v) is 2.79. The third-order valence-electron chi connectivity index (χ3n) is 2.10. The van der Waals surface area contributed by atoms with Crippen molar-refractivity contribution in [2.75, 3.05) is 0 Å². The van der Waals surface area contributed by atoms with Crippen LogP contribution in [0.1, 0.15) is 40.0 Å². The molecule has 0 amide bonds. The normalized spacial score (nSPS) is 31.4. The Hall–Kier alpha value is -0.300. The Bertz CT molecular complexity index is 118. The van der Waals surface area contributed by atoms with Crippen molar-refractivity contribution in [3.05, 3.63) is 12.2 Å². The molecule has 1 aliphatic carbocycles. The van der Waals surface area contributed by atoms with E-state index in [9.17, 15) is 5.11 Å². The van der Waals surface area contributed by atoms with Crippen molar-refractivity contribution in [3.8, 4) is 0 Å². The first-order valence-corrected chi connectivity index (χ1v) is 3.64. The Morgan fingerprint density at radius 1 is 1.50 bits per heavy atom. The fourth-order valence-electron chi connectivity index (χ4n) is 1.20. The second kappa shape index (κ2) is 3.77. The molecule has 1 aliphatic rings. The maximum atomic E-state index is 9.63. The highest BCUT2D eigenvalue weighted by Gasteiger charge is 2.23. The quantitative estimate of drug-likeness (QED) is 0.558. The molecule has 1 rings (SSSR count). The summed E-state index contributed by atoms with van der Waals surface area (Å²) >= 11 is 0. The van der Waals surface area contributed by atoms with Gasteiger partial charge in [0.15, 0.2) is 0 Å². The Morgan fingerprint density at radius 2 is 2.20 bits per heavy atom. The van der Waals surface area contributed by atoms with E-state index in [1.807, 2.05) is 6.92 Å². The first-order valence-electron chi connectivity index (χ1n) is 3.64. The molecule has 0 saturated heterocycles. The van der Waals surface area contributed by atoms with E-state index < -0.39 is 0 Å². The smallest absolute Gasteiger partial charge is 0.0682 e. The minimum absolute atomic E-state index is 0. The number of aliphatic hydroxyl groups is 1. The van der Waals surface area contributed by atoms with E-state index in [-0.39, 0.29) is 13.0 Å². The molecular formula is C9H18O. The lowest BCUT2D eigenvalue weighted by Crippen LogP contribution is -2.27. The molecule has 0 saturated carbocycles. The maximum absolute atomic E-state index is 9.63. The van der Waals surface area contributed by atoms with Crippen molar-refractivity contribution in [1.82, 2.24) is 0 Å². The van der Waals surface area contributed by atoms with Gasteiger partial charge in [-0.25, -0.2) is 0 Å². The zero-order chi connectivity index (χ0) is 6.74. The van der Waals surface area contributed by atoms with Gasteiger partial charge in [0.05, 0.1) is 5.60 Å². The fraction of sp³-hybridized carbons (Fsp3) is 0.778. The van der Waals surface area contributed by atoms with Crippen molar-refractivity contribution in [2.45, 2.75) is 45.6 Å². The number of hydrogen-bond donors (Lipinski definition) is 1. The Labute approximate surface area is 63.8 Å². The molecule has 0 radical (unpaired) electrons. The van der Waals surface area contributed by atoms with Crippen molar-refractivity contribution in [3.63, 3.8) is 0 Å². The summed E-state index contributed by atoms with van der Waals surface area (Å²) in [6.45, 7) is 2.04. The van der Waals surface area contributed by atoms with E-state index in [1.54, 1.807) is 0 Å². The lowest BCUT2D eigenvalue weighted by atomic mass is 9.87. The molecule has 10 heavy (non-hydrogen) atoms. The van der Waals surface area contributed by atoms with Gasteiger partial charge >= 0.3 is 0 Å². The summed E-state index contributed by atoms with van der Waals surface area (Å²) in [4.78, 5) is 0.